The quantitative estimate of drug-likeness (QED) is 0.746. The van der Waals surface area contributed by atoms with Gasteiger partial charge in [0.25, 0.3) is 0 Å². The van der Waals surface area contributed by atoms with E-state index in [0.717, 1.165) is 0 Å². The van der Waals surface area contributed by atoms with Crippen LogP contribution in [0.2, 0.25) is 0 Å². The van der Waals surface area contributed by atoms with E-state index in [-0.39, 0.29) is 23.9 Å². The molecule has 0 aromatic carbocycles. The second-order valence-electron chi connectivity index (χ2n) is 7.06. The maximum atomic E-state index is 12.3. The first-order chi connectivity index (χ1) is 11.1. The summed E-state index contributed by atoms with van der Waals surface area (Å²) in [6, 6.07) is 0. The Labute approximate surface area is 143 Å². The predicted molar refractivity (Wildman–Crippen MR) is 90.6 cm³/mol. The van der Waals surface area contributed by atoms with Crippen molar-refractivity contribution in [3.8, 4) is 5.88 Å². The Kier molecular flexibility index (Phi) is 5.20. The molecule has 0 aliphatic carbocycles. The largest absolute Gasteiger partial charge is 0.474 e. The first kappa shape index (κ1) is 18.3. The number of ether oxygens (including phenoxy) is 3. The van der Waals surface area contributed by atoms with Crippen LogP contribution in [0.3, 0.4) is 0 Å². The van der Waals surface area contributed by atoms with E-state index in [1.165, 1.54) is 6.20 Å². The van der Waals surface area contributed by atoms with Gasteiger partial charge in [-0.2, -0.15) is 5.10 Å². The van der Waals surface area contributed by atoms with Gasteiger partial charge < -0.3 is 14.2 Å². The number of hydrogen-bond acceptors (Lipinski definition) is 6. The molecule has 2 heterocycles. The average molecular weight is 337 g/mol. The number of rotatable bonds is 6. The average Bonchev–Trinajstić information content (AvgIpc) is 2.90. The predicted octanol–water partition coefficient (Wildman–Crippen LogP) is 2.83. The van der Waals surface area contributed by atoms with Crippen LogP contribution < -0.4 is 4.74 Å². The highest BCUT2D eigenvalue weighted by atomic mass is 16.5. The zero-order valence-corrected chi connectivity index (χ0v) is 15.5. The van der Waals surface area contributed by atoms with Crippen LogP contribution in [0.1, 0.15) is 58.8 Å². The number of aromatic nitrogens is 2. The summed E-state index contributed by atoms with van der Waals surface area (Å²) in [7, 11) is 0. The van der Waals surface area contributed by atoms with Crippen LogP contribution in [0.5, 0.6) is 5.88 Å². The van der Waals surface area contributed by atoms with Gasteiger partial charge in [-0.05, 0) is 41.5 Å². The van der Waals surface area contributed by atoms with E-state index in [1.54, 1.807) is 18.5 Å². The molecule has 0 fully saturated rings. The fourth-order valence-electron chi connectivity index (χ4n) is 2.54. The number of carbonyl (C=O) groups is 1. The Morgan fingerprint density at radius 2 is 2.00 bits per heavy atom. The summed E-state index contributed by atoms with van der Waals surface area (Å²) in [4.78, 5) is 16.8. The molecule has 0 radical (unpaired) electrons. The summed E-state index contributed by atoms with van der Waals surface area (Å²) >= 11 is 0. The molecule has 0 bridgehead atoms. The molecule has 1 aromatic rings. The Bertz CT molecular complexity index is 632. The minimum Gasteiger partial charge on any atom is -0.474 e. The molecule has 7 nitrogen and oxygen atoms in total. The van der Waals surface area contributed by atoms with E-state index in [2.05, 4.69) is 10.1 Å². The molecule has 0 saturated heterocycles. The van der Waals surface area contributed by atoms with Crippen molar-refractivity contribution in [3.63, 3.8) is 0 Å². The number of hydrogen-bond donors (Lipinski definition) is 0. The van der Waals surface area contributed by atoms with Crippen LogP contribution in [-0.4, -0.2) is 45.5 Å². The standard InChI is InChI=1S/C17H27N3O4/c1-10(2)22-15-13(16(21)23-11(3)4)8-18-20(15)9-14-17(6,7)19-12(5)24-14/h8,10-11,14H,9H2,1-7H3. The minimum absolute atomic E-state index is 0.0958. The zero-order chi connectivity index (χ0) is 18.1. The lowest BCUT2D eigenvalue weighted by molar-refractivity contribution is 0.0370. The third-order valence-electron chi connectivity index (χ3n) is 3.59. The normalized spacial score (nSPS) is 19.4. The molecule has 134 valence electrons. The first-order valence-corrected chi connectivity index (χ1v) is 8.26. The Balaban J connectivity index is 2.27. The topological polar surface area (TPSA) is 74.9 Å². The van der Waals surface area contributed by atoms with Crippen LogP contribution in [0.4, 0.5) is 0 Å². The highest BCUT2D eigenvalue weighted by molar-refractivity contribution is 5.91. The molecule has 7 heteroatoms. The SMILES string of the molecule is CC1=NC(C)(C)C(Cn2ncc(C(=O)OC(C)C)c2OC(C)C)O1. The molecule has 0 N–H and O–H groups in total. The highest BCUT2D eigenvalue weighted by Crippen LogP contribution is 2.29. The van der Waals surface area contributed by atoms with Gasteiger partial charge >= 0.3 is 5.97 Å². The molecule has 24 heavy (non-hydrogen) atoms. The van der Waals surface area contributed by atoms with E-state index in [1.807, 2.05) is 34.6 Å². The van der Waals surface area contributed by atoms with Gasteiger partial charge in [-0.3, -0.25) is 0 Å². The van der Waals surface area contributed by atoms with Crippen molar-refractivity contribution in [1.29, 1.82) is 0 Å². The number of aliphatic imine (C=N–C) groups is 1. The molecule has 0 saturated carbocycles. The van der Waals surface area contributed by atoms with Crippen molar-refractivity contribution in [2.45, 2.75) is 78.9 Å². The minimum atomic E-state index is -0.439. The Morgan fingerprint density at radius 3 is 2.50 bits per heavy atom. The van der Waals surface area contributed by atoms with Gasteiger partial charge in [-0.1, -0.05) is 0 Å². The maximum absolute atomic E-state index is 12.3. The first-order valence-electron chi connectivity index (χ1n) is 8.26. The van der Waals surface area contributed by atoms with Gasteiger partial charge in [0.2, 0.25) is 5.88 Å². The van der Waals surface area contributed by atoms with Crippen LogP contribution in [-0.2, 0) is 16.0 Å². The van der Waals surface area contributed by atoms with Crippen LogP contribution in [0.25, 0.3) is 0 Å². The summed E-state index contributed by atoms with van der Waals surface area (Å²) in [6.45, 7) is 13.7. The summed E-state index contributed by atoms with van der Waals surface area (Å²) in [5, 5.41) is 4.31. The molecule has 1 aromatic heterocycles. The van der Waals surface area contributed by atoms with Crippen molar-refractivity contribution >= 4 is 11.9 Å². The van der Waals surface area contributed by atoms with E-state index in [0.29, 0.717) is 23.9 Å². The van der Waals surface area contributed by atoms with E-state index < -0.39 is 5.97 Å². The van der Waals surface area contributed by atoms with Crippen LogP contribution in [0, 0.1) is 0 Å². The van der Waals surface area contributed by atoms with Crippen molar-refractivity contribution in [2.75, 3.05) is 0 Å². The van der Waals surface area contributed by atoms with E-state index in [9.17, 15) is 4.79 Å². The Hall–Kier alpha value is -2.05. The second-order valence-corrected chi connectivity index (χ2v) is 7.06. The van der Waals surface area contributed by atoms with E-state index >= 15 is 0 Å². The molecular formula is C17H27N3O4. The van der Waals surface area contributed by atoms with Crippen LogP contribution in [0.15, 0.2) is 11.2 Å². The lowest BCUT2D eigenvalue weighted by Crippen LogP contribution is -2.36. The van der Waals surface area contributed by atoms with Crippen molar-refractivity contribution in [3.05, 3.63) is 11.8 Å². The van der Waals surface area contributed by atoms with Gasteiger partial charge in [0.15, 0.2) is 5.90 Å². The van der Waals surface area contributed by atoms with Crippen molar-refractivity contribution < 1.29 is 19.0 Å². The third kappa shape index (κ3) is 4.07. The molecular weight excluding hydrogens is 310 g/mol. The van der Waals surface area contributed by atoms with Gasteiger partial charge in [-0.25, -0.2) is 14.5 Å². The monoisotopic (exact) mass is 337 g/mol. The molecule has 0 amide bonds. The lowest BCUT2D eigenvalue weighted by Gasteiger charge is -2.24. The van der Waals surface area contributed by atoms with Gasteiger partial charge in [0.05, 0.1) is 30.5 Å². The molecule has 2 rings (SSSR count). The second kappa shape index (κ2) is 6.83. The zero-order valence-electron chi connectivity index (χ0n) is 15.5. The smallest absolute Gasteiger partial charge is 0.345 e. The molecule has 1 aliphatic heterocycles. The van der Waals surface area contributed by atoms with E-state index in [4.69, 9.17) is 14.2 Å². The van der Waals surface area contributed by atoms with Crippen molar-refractivity contribution in [1.82, 2.24) is 9.78 Å². The van der Waals surface area contributed by atoms with Gasteiger partial charge in [-0.15, -0.1) is 0 Å². The molecule has 1 unspecified atom stereocenters. The summed E-state index contributed by atoms with van der Waals surface area (Å²) in [5.41, 5.74) is -0.0325. The molecule has 0 spiro atoms. The summed E-state index contributed by atoms with van der Waals surface area (Å²) in [5.74, 6) is 0.619. The number of esters is 1. The third-order valence-corrected chi connectivity index (χ3v) is 3.59. The Morgan fingerprint density at radius 1 is 1.33 bits per heavy atom. The maximum Gasteiger partial charge on any atom is 0.345 e. The van der Waals surface area contributed by atoms with Crippen molar-refractivity contribution in [2.24, 2.45) is 4.99 Å². The van der Waals surface area contributed by atoms with Crippen LogP contribution >= 0.6 is 0 Å². The fourth-order valence-corrected chi connectivity index (χ4v) is 2.54. The lowest BCUT2D eigenvalue weighted by atomic mass is 9.99. The highest BCUT2D eigenvalue weighted by Gasteiger charge is 2.38. The van der Waals surface area contributed by atoms with Gasteiger partial charge in [0.1, 0.15) is 11.7 Å². The fraction of sp³-hybridized carbons (Fsp3) is 0.706. The summed E-state index contributed by atoms with van der Waals surface area (Å²) in [6.07, 6.45) is 1.00. The van der Waals surface area contributed by atoms with Gasteiger partial charge in [0, 0.05) is 6.92 Å². The number of carbonyl (C=O) groups excluding carboxylic acids is 1. The molecule has 1 atom stereocenters. The molecule has 1 aliphatic rings. The number of nitrogens with zero attached hydrogens (tertiary/aromatic N) is 3. The summed E-state index contributed by atoms with van der Waals surface area (Å²) < 4.78 is 18.5.